The molecule has 2 aromatic rings. The highest BCUT2D eigenvalue weighted by Crippen LogP contribution is 2.41. The van der Waals surface area contributed by atoms with E-state index < -0.39 is 30.1 Å². The Morgan fingerprint density at radius 1 is 1.15 bits per heavy atom. The van der Waals surface area contributed by atoms with Crippen LogP contribution in [0.3, 0.4) is 0 Å². The Bertz CT molecular complexity index is 1280. The average molecular weight is 572 g/mol. The highest BCUT2D eigenvalue weighted by Gasteiger charge is 2.54. The number of carbonyl (C=O) groups excluding carboxylic acids is 2. The Balaban J connectivity index is 1.11. The van der Waals surface area contributed by atoms with Crippen molar-refractivity contribution in [3.05, 3.63) is 59.3 Å². The van der Waals surface area contributed by atoms with Crippen LogP contribution in [-0.2, 0) is 20.9 Å². The standard InChI is InChI=1S/C28H32F3N7O3/c29-28(30,31)26-22(16-34-35-27(26)40)38-17-20-4-1-2-5-21(20)23(38)18-41-13-3-6-25(39)37-11-9-36(10-12-37)24-8-7-19(14-32)15-33-24/h1-2,4-5,7-8,15,22-23,26,34H,3,6,9-13,16-18H2,(H,35,40)/t22?,23-,26?/m1/s1. The number of anilines is 1. The van der Waals surface area contributed by atoms with Crippen molar-refractivity contribution in [2.75, 3.05) is 50.8 Å². The van der Waals surface area contributed by atoms with E-state index in [9.17, 15) is 22.8 Å². The lowest BCUT2D eigenvalue weighted by molar-refractivity contribution is -0.203. The fraction of sp³-hybridized carbons (Fsp3) is 0.500. The summed E-state index contributed by atoms with van der Waals surface area (Å²) in [4.78, 5) is 34.9. The lowest BCUT2D eigenvalue weighted by atomic mass is 9.94. The molecule has 1 aromatic carbocycles. The van der Waals surface area contributed by atoms with Crippen LogP contribution in [0.2, 0.25) is 0 Å². The van der Waals surface area contributed by atoms with Gasteiger partial charge in [0.15, 0.2) is 5.92 Å². The Labute approximate surface area is 236 Å². The molecule has 2 unspecified atom stereocenters. The second kappa shape index (κ2) is 12.4. The van der Waals surface area contributed by atoms with Crippen molar-refractivity contribution in [3.8, 4) is 6.07 Å². The summed E-state index contributed by atoms with van der Waals surface area (Å²) in [5.74, 6) is -2.43. The van der Waals surface area contributed by atoms with Crippen LogP contribution < -0.4 is 15.8 Å². The van der Waals surface area contributed by atoms with Gasteiger partial charge in [0.2, 0.25) is 11.8 Å². The van der Waals surface area contributed by atoms with Gasteiger partial charge in [0, 0.05) is 64.5 Å². The molecule has 13 heteroatoms. The maximum Gasteiger partial charge on any atom is 0.402 e. The molecule has 0 bridgehead atoms. The predicted molar refractivity (Wildman–Crippen MR) is 142 cm³/mol. The number of hydrogen-bond donors (Lipinski definition) is 2. The van der Waals surface area contributed by atoms with Crippen molar-refractivity contribution in [3.63, 3.8) is 0 Å². The number of piperazine rings is 1. The van der Waals surface area contributed by atoms with Gasteiger partial charge < -0.3 is 14.5 Å². The molecule has 0 saturated carbocycles. The molecule has 4 heterocycles. The summed E-state index contributed by atoms with van der Waals surface area (Å²) in [6.45, 7) is 3.12. The minimum atomic E-state index is -4.68. The van der Waals surface area contributed by atoms with E-state index in [1.807, 2.05) is 35.2 Å². The quantitative estimate of drug-likeness (QED) is 0.464. The van der Waals surface area contributed by atoms with Crippen LogP contribution in [0.15, 0.2) is 42.6 Å². The zero-order valence-electron chi connectivity index (χ0n) is 22.4. The molecular formula is C28H32F3N7O3. The first-order chi connectivity index (χ1) is 19.8. The fourth-order valence-electron chi connectivity index (χ4n) is 5.81. The summed E-state index contributed by atoms with van der Waals surface area (Å²) in [6, 6.07) is 11.5. The molecule has 41 heavy (non-hydrogen) atoms. The summed E-state index contributed by atoms with van der Waals surface area (Å²) in [7, 11) is 0. The lowest BCUT2D eigenvalue weighted by Crippen LogP contribution is -2.64. The molecule has 3 aliphatic heterocycles. The van der Waals surface area contributed by atoms with Gasteiger partial charge >= 0.3 is 6.18 Å². The molecule has 218 valence electrons. The van der Waals surface area contributed by atoms with Gasteiger partial charge in [-0.25, -0.2) is 10.4 Å². The maximum atomic E-state index is 13.9. The molecule has 10 nitrogen and oxygen atoms in total. The zero-order chi connectivity index (χ0) is 29.0. The molecule has 0 radical (unpaired) electrons. The first-order valence-corrected chi connectivity index (χ1v) is 13.7. The van der Waals surface area contributed by atoms with E-state index in [0.29, 0.717) is 57.7 Å². The van der Waals surface area contributed by atoms with Crippen LogP contribution in [0.1, 0.15) is 35.6 Å². The number of nitrogens with zero attached hydrogens (tertiary/aromatic N) is 5. The topological polar surface area (TPSA) is 114 Å². The molecule has 3 aliphatic rings. The van der Waals surface area contributed by atoms with Crippen molar-refractivity contribution in [2.24, 2.45) is 5.92 Å². The van der Waals surface area contributed by atoms with Gasteiger partial charge in [-0.05, 0) is 29.7 Å². The Kier molecular flexibility index (Phi) is 8.72. The number of carbonyl (C=O) groups is 2. The third-order valence-corrected chi connectivity index (χ3v) is 7.92. The van der Waals surface area contributed by atoms with Crippen molar-refractivity contribution in [2.45, 2.75) is 37.6 Å². The Morgan fingerprint density at radius 2 is 1.93 bits per heavy atom. The van der Waals surface area contributed by atoms with Gasteiger partial charge in [-0.1, -0.05) is 24.3 Å². The number of nitriles is 1. The number of ether oxygens (including phenoxy) is 1. The number of amides is 2. The fourth-order valence-corrected chi connectivity index (χ4v) is 5.81. The van der Waals surface area contributed by atoms with Gasteiger partial charge in [-0.15, -0.1) is 0 Å². The first-order valence-electron chi connectivity index (χ1n) is 13.7. The number of hydrogen-bond acceptors (Lipinski definition) is 8. The van der Waals surface area contributed by atoms with E-state index in [1.54, 1.807) is 17.0 Å². The summed E-state index contributed by atoms with van der Waals surface area (Å²) in [5.41, 5.74) is 7.03. The van der Waals surface area contributed by atoms with Crippen LogP contribution in [0.4, 0.5) is 19.0 Å². The van der Waals surface area contributed by atoms with E-state index in [2.05, 4.69) is 20.7 Å². The van der Waals surface area contributed by atoms with E-state index in [1.165, 1.54) is 6.20 Å². The van der Waals surface area contributed by atoms with Gasteiger partial charge in [-0.2, -0.15) is 18.4 Å². The molecule has 0 aliphatic carbocycles. The predicted octanol–water partition coefficient (Wildman–Crippen LogP) is 2.14. The molecule has 2 amide bonds. The summed E-state index contributed by atoms with van der Waals surface area (Å²) < 4.78 is 47.5. The highest BCUT2D eigenvalue weighted by molar-refractivity contribution is 5.80. The molecule has 2 N–H and O–H groups in total. The smallest absolute Gasteiger partial charge is 0.379 e. The van der Waals surface area contributed by atoms with Gasteiger partial charge in [0.1, 0.15) is 11.9 Å². The van der Waals surface area contributed by atoms with E-state index >= 15 is 0 Å². The van der Waals surface area contributed by atoms with Gasteiger partial charge in [-0.3, -0.25) is 19.9 Å². The van der Waals surface area contributed by atoms with E-state index in [4.69, 9.17) is 10.00 Å². The molecule has 2 fully saturated rings. The number of rotatable bonds is 8. The first kappa shape index (κ1) is 28.8. The van der Waals surface area contributed by atoms with Crippen LogP contribution in [0.25, 0.3) is 0 Å². The number of benzene rings is 1. The average Bonchev–Trinajstić information content (AvgIpc) is 3.34. The van der Waals surface area contributed by atoms with Crippen molar-refractivity contribution in [1.82, 2.24) is 25.6 Å². The third kappa shape index (κ3) is 6.45. The second-order valence-electron chi connectivity index (χ2n) is 10.4. The largest absolute Gasteiger partial charge is 0.402 e. The minimum absolute atomic E-state index is 0.0289. The molecule has 2 saturated heterocycles. The normalized spacial score (nSPS) is 23.2. The maximum absolute atomic E-state index is 13.9. The third-order valence-electron chi connectivity index (χ3n) is 7.92. The number of fused-ring (bicyclic) bond motifs is 1. The monoisotopic (exact) mass is 571 g/mol. The number of alkyl halides is 3. The summed E-state index contributed by atoms with van der Waals surface area (Å²) >= 11 is 0. The number of hydrazine groups is 1. The number of halogens is 3. The summed E-state index contributed by atoms with van der Waals surface area (Å²) in [5, 5.41) is 8.93. The summed E-state index contributed by atoms with van der Waals surface area (Å²) in [6.07, 6.45) is -2.35. The molecular weight excluding hydrogens is 539 g/mol. The number of aromatic nitrogens is 1. The zero-order valence-corrected chi connectivity index (χ0v) is 22.4. The SMILES string of the molecule is N#Cc1ccc(N2CCN(C(=O)CCCOC[C@@H]3c4ccccc4CN3C3CNNC(=O)C3C(F)(F)F)CC2)nc1. The van der Waals surface area contributed by atoms with Crippen LogP contribution in [-0.4, -0.2) is 84.8 Å². The molecule has 0 spiro atoms. The van der Waals surface area contributed by atoms with Crippen LogP contribution >= 0.6 is 0 Å². The van der Waals surface area contributed by atoms with E-state index in [-0.39, 0.29) is 19.1 Å². The Hall–Kier alpha value is -3.73. The Morgan fingerprint density at radius 3 is 2.63 bits per heavy atom. The van der Waals surface area contributed by atoms with Crippen molar-refractivity contribution >= 4 is 17.6 Å². The van der Waals surface area contributed by atoms with E-state index in [0.717, 1.165) is 16.9 Å². The highest BCUT2D eigenvalue weighted by atomic mass is 19.4. The molecule has 5 rings (SSSR count). The lowest BCUT2D eigenvalue weighted by Gasteiger charge is -2.41. The minimum Gasteiger partial charge on any atom is -0.379 e. The number of pyridine rings is 1. The van der Waals surface area contributed by atoms with Crippen molar-refractivity contribution < 1.29 is 27.5 Å². The van der Waals surface area contributed by atoms with Crippen LogP contribution in [0.5, 0.6) is 0 Å². The van der Waals surface area contributed by atoms with Crippen molar-refractivity contribution in [1.29, 1.82) is 5.26 Å². The second-order valence-corrected chi connectivity index (χ2v) is 10.4. The van der Waals surface area contributed by atoms with Gasteiger partial charge in [0.05, 0.1) is 18.2 Å². The van der Waals surface area contributed by atoms with Gasteiger partial charge in [0.25, 0.3) is 0 Å². The van der Waals surface area contributed by atoms with Crippen LogP contribution in [0, 0.1) is 17.2 Å². The number of nitrogens with one attached hydrogen (secondary N) is 2. The molecule has 3 atom stereocenters. The molecule has 1 aromatic heterocycles.